The summed E-state index contributed by atoms with van der Waals surface area (Å²) in [6.07, 6.45) is 4.64. The molecule has 0 radical (unpaired) electrons. The predicted octanol–water partition coefficient (Wildman–Crippen LogP) is 3.54. The quantitative estimate of drug-likeness (QED) is 0.402. The molecule has 1 aromatic carbocycles. The van der Waals surface area contributed by atoms with Gasteiger partial charge in [-0.3, -0.25) is 4.99 Å². The fourth-order valence-corrected chi connectivity index (χ4v) is 3.46. The van der Waals surface area contributed by atoms with E-state index in [4.69, 9.17) is 4.74 Å². The molecule has 5 nitrogen and oxygen atoms in total. The third-order valence-corrected chi connectivity index (χ3v) is 5.37. The molecule has 0 saturated heterocycles. The number of thiazole rings is 1. The lowest BCUT2D eigenvalue weighted by molar-refractivity contribution is 0.296. The summed E-state index contributed by atoms with van der Waals surface area (Å²) in [6, 6.07) is 8.23. The SMILES string of the molecule is CN=C(NCCCc1nc(C)cs1)NCc1ccccc1OCC1CC1. The van der Waals surface area contributed by atoms with Gasteiger partial charge >= 0.3 is 0 Å². The molecule has 1 fully saturated rings. The van der Waals surface area contributed by atoms with Gasteiger partial charge in [0, 0.05) is 43.2 Å². The first-order valence-corrected chi connectivity index (χ1v) is 10.2. The van der Waals surface area contributed by atoms with E-state index in [1.807, 2.05) is 25.1 Å². The Kier molecular flexibility index (Phi) is 6.89. The first-order valence-electron chi connectivity index (χ1n) is 9.31. The minimum Gasteiger partial charge on any atom is -0.493 e. The zero-order valence-corrected chi connectivity index (χ0v) is 16.4. The van der Waals surface area contributed by atoms with Gasteiger partial charge in [0.15, 0.2) is 5.96 Å². The predicted molar refractivity (Wildman–Crippen MR) is 108 cm³/mol. The Bertz CT molecular complexity index is 724. The highest BCUT2D eigenvalue weighted by Gasteiger charge is 2.22. The monoisotopic (exact) mass is 372 g/mol. The van der Waals surface area contributed by atoms with Crippen LogP contribution in [0, 0.1) is 12.8 Å². The van der Waals surface area contributed by atoms with E-state index >= 15 is 0 Å². The number of benzene rings is 1. The summed E-state index contributed by atoms with van der Waals surface area (Å²) in [5.74, 6) is 2.55. The fraction of sp³-hybridized carbons (Fsp3) is 0.500. The molecule has 3 rings (SSSR count). The molecule has 0 atom stereocenters. The molecular weight excluding hydrogens is 344 g/mol. The Morgan fingerprint density at radius 1 is 1.31 bits per heavy atom. The molecule has 1 aromatic heterocycles. The van der Waals surface area contributed by atoms with E-state index in [2.05, 4.69) is 32.1 Å². The molecule has 1 saturated carbocycles. The van der Waals surface area contributed by atoms with Crippen LogP contribution in [0.4, 0.5) is 0 Å². The Morgan fingerprint density at radius 2 is 2.15 bits per heavy atom. The van der Waals surface area contributed by atoms with E-state index < -0.39 is 0 Å². The molecule has 0 spiro atoms. The van der Waals surface area contributed by atoms with Crippen LogP contribution in [-0.2, 0) is 13.0 Å². The number of aryl methyl sites for hydroxylation is 2. The molecule has 2 aromatic rings. The van der Waals surface area contributed by atoms with Crippen LogP contribution in [0.2, 0.25) is 0 Å². The normalized spacial score (nSPS) is 14.3. The third kappa shape index (κ3) is 6.02. The number of nitrogens with zero attached hydrogens (tertiary/aromatic N) is 2. The molecular formula is C20H28N4OS. The van der Waals surface area contributed by atoms with Crippen LogP contribution in [0.3, 0.4) is 0 Å². The second-order valence-corrected chi connectivity index (χ2v) is 7.64. The van der Waals surface area contributed by atoms with Gasteiger partial charge in [-0.05, 0) is 38.2 Å². The van der Waals surface area contributed by atoms with Gasteiger partial charge in [0.05, 0.1) is 11.6 Å². The zero-order valence-electron chi connectivity index (χ0n) is 15.6. The van der Waals surface area contributed by atoms with E-state index in [1.165, 1.54) is 17.8 Å². The second kappa shape index (κ2) is 9.57. The van der Waals surface area contributed by atoms with Crippen molar-refractivity contribution in [1.29, 1.82) is 0 Å². The van der Waals surface area contributed by atoms with Crippen molar-refractivity contribution < 1.29 is 4.74 Å². The number of hydrogen-bond acceptors (Lipinski definition) is 4. The summed E-state index contributed by atoms with van der Waals surface area (Å²) in [5, 5.41) is 10.1. The zero-order chi connectivity index (χ0) is 18.2. The lowest BCUT2D eigenvalue weighted by Gasteiger charge is -2.14. The van der Waals surface area contributed by atoms with Crippen molar-refractivity contribution >= 4 is 17.3 Å². The summed E-state index contributed by atoms with van der Waals surface area (Å²) in [5.41, 5.74) is 2.27. The molecule has 0 amide bonds. The molecule has 26 heavy (non-hydrogen) atoms. The van der Waals surface area contributed by atoms with Crippen LogP contribution in [0.1, 0.15) is 35.5 Å². The highest BCUT2D eigenvalue weighted by atomic mass is 32.1. The number of guanidine groups is 1. The molecule has 1 heterocycles. The van der Waals surface area contributed by atoms with Gasteiger partial charge in [-0.25, -0.2) is 4.98 Å². The van der Waals surface area contributed by atoms with Crippen LogP contribution < -0.4 is 15.4 Å². The van der Waals surface area contributed by atoms with Crippen LogP contribution in [0.15, 0.2) is 34.6 Å². The summed E-state index contributed by atoms with van der Waals surface area (Å²) in [4.78, 5) is 8.80. The van der Waals surface area contributed by atoms with Gasteiger partial charge in [-0.2, -0.15) is 0 Å². The van der Waals surface area contributed by atoms with Gasteiger partial charge in [-0.15, -0.1) is 11.3 Å². The molecule has 0 bridgehead atoms. The Hall–Kier alpha value is -2.08. The average molecular weight is 373 g/mol. The number of nitrogens with one attached hydrogen (secondary N) is 2. The van der Waals surface area contributed by atoms with E-state index in [0.29, 0.717) is 6.54 Å². The number of hydrogen-bond donors (Lipinski definition) is 2. The van der Waals surface area contributed by atoms with Gasteiger partial charge < -0.3 is 15.4 Å². The first-order chi connectivity index (χ1) is 12.7. The summed E-state index contributed by atoms with van der Waals surface area (Å²) >= 11 is 1.74. The Morgan fingerprint density at radius 3 is 2.88 bits per heavy atom. The maximum absolute atomic E-state index is 5.97. The summed E-state index contributed by atoms with van der Waals surface area (Å²) < 4.78 is 5.97. The molecule has 6 heteroatoms. The number of aromatic nitrogens is 1. The average Bonchev–Trinajstić information content (AvgIpc) is 3.40. The van der Waals surface area contributed by atoms with Crippen LogP contribution in [0.25, 0.3) is 0 Å². The lowest BCUT2D eigenvalue weighted by Crippen LogP contribution is -2.37. The molecule has 1 aliphatic rings. The van der Waals surface area contributed by atoms with Gasteiger partial charge in [0.25, 0.3) is 0 Å². The number of para-hydroxylation sites is 1. The highest BCUT2D eigenvalue weighted by molar-refractivity contribution is 7.09. The van der Waals surface area contributed by atoms with Gasteiger partial charge in [0.1, 0.15) is 5.75 Å². The van der Waals surface area contributed by atoms with E-state index in [0.717, 1.165) is 54.9 Å². The molecule has 0 unspecified atom stereocenters. The minimum absolute atomic E-state index is 0.701. The van der Waals surface area contributed by atoms with Crippen molar-refractivity contribution in [3.05, 3.63) is 45.9 Å². The summed E-state index contributed by atoms with van der Waals surface area (Å²) in [6.45, 7) is 4.45. The second-order valence-electron chi connectivity index (χ2n) is 6.70. The fourth-order valence-electron chi connectivity index (χ4n) is 2.65. The smallest absolute Gasteiger partial charge is 0.191 e. The van der Waals surface area contributed by atoms with Crippen molar-refractivity contribution in [3.8, 4) is 5.75 Å². The van der Waals surface area contributed by atoms with Crippen molar-refractivity contribution in [2.24, 2.45) is 10.9 Å². The van der Waals surface area contributed by atoms with Crippen molar-refractivity contribution in [2.75, 3.05) is 20.2 Å². The first kappa shape index (κ1) is 18.7. The largest absolute Gasteiger partial charge is 0.493 e. The molecule has 1 aliphatic carbocycles. The van der Waals surface area contributed by atoms with Crippen molar-refractivity contribution in [3.63, 3.8) is 0 Å². The van der Waals surface area contributed by atoms with Crippen LogP contribution >= 0.6 is 11.3 Å². The van der Waals surface area contributed by atoms with E-state index in [1.54, 1.807) is 18.4 Å². The van der Waals surface area contributed by atoms with E-state index in [-0.39, 0.29) is 0 Å². The molecule has 2 N–H and O–H groups in total. The van der Waals surface area contributed by atoms with Gasteiger partial charge in [-0.1, -0.05) is 18.2 Å². The Balaban J connectivity index is 1.40. The maximum atomic E-state index is 5.97. The number of ether oxygens (including phenoxy) is 1. The summed E-state index contributed by atoms with van der Waals surface area (Å²) in [7, 11) is 1.80. The molecule has 140 valence electrons. The van der Waals surface area contributed by atoms with Crippen LogP contribution in [0.5, 0.6) is 5.75 Å². The highest BCUT2D eigenvalue weighted by Crippen LogP contribution is 2.30. The van der Waals surface area contributed by atoms with Crippen molar-refractivity contribution in [1.82, 2.24) is 15.6 Å². The Labute approximate surface area is 159 Å². The third-order valence-electron chi connectivity index (χ3n) is 4.34. The lowest BCUT2D eigenvalue weighted by atomic mass is 10.2. The van der Waals surface area contributed by atoms with Crippen LogP contribution in [-0.4, -0.2) is 31.1 Å². The topological polar surface area (TPSA) is 58.5 Å². The van der Waals surface area contributed by atoms with Gasteiger partial charge in [0.2, 0.25) is 0 Å². The number of aliphatic imine (C=N–C) groups is 1. The maximum Gasteiger partial charge on any atom is 0.191 e. The van der Waals surface area contributed by atoms with E-state index in [9.17, 15) is 0 Å². The standard InChI is InChI=1S/C20H28N4OS/c1-15-14-26-19(24-15)8-5-11-22-20(21-2)23-12-17-6-3-4-7-18(17)25-13-16-9-10-16/h3-4,6-7,14,16H,5,8-13H2,1-2H3,(H2,21,22,23). The van der Waals surface area contributed by atoms with Crippen molar-refractivity contribution in [2.45, 2.75) is 39.2 Å². The number of rotatable bonds is 9. The minimum atomic E-state index is 0.701. The molecule has 0 aliphatic heterocycles.